The highest BCUT2D eigenvalue weighted by atomic mass is 35.5. The molecule has 0 N–H and O–H groups in total. The molecule has 0 spiro atoms. The van der Waals surface area contributed by atoms with E-state index in [0.717, 1.165) is 6.07 Å². The minimum atomic E-state index is -2.72. The molecule has 0 aliphatic carbocycles. The van der Waals surface area contributed by atoms with E-state index in [1.807, 2.05) is 0 Å². The van der Waals surface area contributed by atoms with Gasteiger partial charge in [0, 0.05) is 5.56 Å². The molecule has 0 radical (unpaired) electrons. The van der Waals surface area contributed by atoms with Crippen LogP contribution in [0.25, 0.3) is 11.1 Å². The summed E-state index contributed by atoms with van der Waals surface area (Å²) in [7, 11) is 0. The van der Waals surface area contributed by atoms with Crippen LogP contribution in [0.3, 0.4) is 0 Å². The second-order valence-electron chi connectivity index (χ2n) is 3.70. The number of halogens is 5. The van der Waals surface area contributed by atoms with Crippen LogP contribution in [0.15, 0.2) is 36.4 Å². The summed E-state index contributed by atoms with van der Waals surface area (Å²) in [6.07, 6.45) is -2.72. The van der Waals surface area contributed by atoms with Crippen LogP contribution in [0.1, 0.15) is 12.0 Å². The molecular formula is C13H7Cl2F3. The lowest BCUT2D eigenvalue weighted by Gasteiger charge is -2.07. The SMILES string of the molecule is Fc1cc(-c2ccc(Cl)c(Cl)c2)cc(C(F)F)c1. The molecular weight excluding hydrogens is 284 g/mol. The van der Waals surface area contributed by atoms with E-state index >= 15 is 0 Å². The van der Waals surface area contributed by atoms with Crippen LogP contribution in [0, 0.1) is 5.82 Å². The Labute approximate surface area is 112 Å². The van der Waals surface area contributed by atoms with Crippen molar-refractivity contribution in [3.63, 3.8) is 0 Å². The van der Waals surface area contributed by atoms with Gasteiger partial charge in [-0.15, -0.1) is 0 Å². The predicted molar refractivity (Wildman–Crippen MR) is 66.8 cm³/mol. The van der Waals surface area contributed by atoms with Crippen LogP contribution < -0.4 is 0 Å². The Bertz CT molecular complexity index is 582. The van der Waals surface area contributed by atoms with Crippen molar-refractivity contribution in [1.29, 1.82) is 0 Å². The highest BCUT2D eigenvalue weighted by molar-refractivity contribution is 6.42. The van der Waals surface area contributed by atoms with Crippen molar-refractivity contribution in [2.45, 2.75) is 6.43 Å². The zero-order valence-electron chi connectivity index (χ0n) is 8.93. The van der Waals surface area contributed by atoms with Crippen molar-refractivity contribution in [3.8, 4) is 11.1 Å². The smallest absolute Gasteiger partial charge is 0.207 e. The molecule has 0 amide bonds. The van der Waals surface area contributed by atoms with E-state index in [1.54, 1.807) is 6.07 Å². The molecule has 0 atom stereocenters. The van der Waals surface area contributed by atoms with Gasteiger partial charge in [0.15, 0.2) is 0 Å². The fourth-order valence-corrected chi connectivity index (χ4v) is 1.88. The lowest BCUT2D eigenvalue weighted by Crippen LogP contribution is -1.89. The Hall–Kier alpha value is -1.19. The van der Waals surface area contributed by atoms with Gasteiger partial charge in [-0.2, -0.15) is 0 Å². The zero-order valence-corrected chi connectivity index (χ0v) is 10.4. The van der Waals surface area contributed by atoms with Crippen molar-refractivity contribution in [2.24, 2.45) is 0 Å². The molecule has 94 valence electrons. The molecule has 2 aromatic rings. The summed E-state index contributed by atoms with van der Waals surface area (Å²) >= 11 is 11.6. The van der Waals surface area contributed by atoms with Crippen LogP contribution >= 0.6 is 23.2 Å². The molecule has 0 unspecified atom stereocenters. The number of benzene rings is 2. The molecule has 0 saturated carbocycles. The first-order valence-corrected chi connectivity index (χ1v) is 5.77. The molecule has 0 heterocycles. The summed E-state index contributed by atoms with van der Waals surface area (Å²) in [4.78, 5) is 0. The van der Waals surface area contributed by atoms with Gasteiger partial charge in [0.1, 0.15) is 5.82 Å². The normalized spacial score (nSPS) is 11.0. The molecule has 0 aromatic heterocycles. The summed E-state index contributed by atoms with van der Waals surface area (Å²) in [6.45, 7) is 0. The Morgan fingerprint density at radius 2 is 1.56 bits per heavy atom. The molecule has 0 aliphatic rings. The maximum atomic E-state index is 13.3. The lowest BCUT2D eigenvalue weighted by atomic mass is 10.0. The topological polar surface area (TPSA) is 0 Å². The first kappa shape index (κ1) is 13.2. The van der Waals surface area contributed by atoms with Crippen LogP contribution in [0.2, 0.25) is 10.0 Å². The maximum Gasteiger partial charge on any atom is 0.263 e. The van der Waals surface area contributed by atoms with Gasteiger partial charge in [0.05, 0.1) is 10.0 Å². The Morgan fingerprint density at radius 1 is 0.833 bits per heavy atom. The van der Waals surface area contributed by atoms with Crippen LogP contribution in [0.4, 0.5) is 13.2 Å². The highest BCUT2D eigenvalue weighted by Gasteiger charge is 2.11. The third kappa shape index (κ3) is 2.79. The van der Waals surface area contributed by atoms with E-state index in [4.69, 9.17) is 23.2 Å². The molecule has 18 heavy (non-hydrogen) atoms. The van der Waals surface area contributed by atoms with Gasteiger partial charge < -0.3 is 0 Å². The molecule has 0 fully saturated rings. The van der Waals surface area contributed by atoms with E-state index in [2.05, 4.69) is 0 Å². The largest absolute Gasteiger partial charge is 0.263 e. The second-order valence-corrected chi connectivity index (χ2v) is 4.52. The van der Waals surface area contributed by atoms with E-state index < -0.39 is 12.2 Å². The lowest BCUT2D eigenvalue weighted by molar-refractivity contribution is 0.151. The predicted octanol–water partition coefficient (Wildman–Crippen LogP) is 5.74. The summed E-state index contributed by atoms with van der Waals surface area (Å²) in [6, 6.07) is 7.85. The summed E-state index contributed by atoms with van der Waals surface area (Å²) in [5.41, 5.74) is 0.505. The fraction of sp³-hybridized carbons (Fsp3) is 0.0769. The van der Waals surface area contributed by atoms with E-state index in [0.29, 0.717) is 16.1 Å². The van der Waals surface area contributed by atoms with Crippen LogP contribution in [-0.4, -0.2) is 0 Å². The average Bonchev–Trinajstić information content (AvgIpc) is 2.31. The van der Waals surface area contributed by atoms with Gasteiger partial charge in [-0.1, -0.05) is 29.3 Å². The van der Waals surface area contributed by atoms with Gasteiger partial charge in [-0.25, -0.2) is 13.2 Å². The quantitative estimate of drug-likeness (QED) is 0.662. The molecule has 2 rings (SSSR count). The van der Waals surface area contributed by atoms with Crippen molar-refractivity contribution in [2.75, 3.05) is 0 Å². The number of alkyl halides is 2. The molecule has 2 aromatic carbocycles. The summed E-state index contributed by atoms with van der Waals surface area (Å²) < 4.78 is 38.4. The van der Waals surface area contributed by atoms with E-state index in [1.165, 1.54) is 24.3 Å². The number of hydrogen-bond acceptors (Lipinski definition) is 0. The van der Waals surface area contributed by atoms with Crippen molar-refractivity contribution >= 4 is 23.2 Å². The van der Waals surface area contributed by atoms with Crippen LogP contribution in [-0.2, 0) is 0 Å². The summed E-state index contributed by atoms with van der Waals surface area (Å²) in [5.74, 6) is -0.714. The number of rotatable bonds is 2. The molecule has 0 saturated heterocycles. The Kier molecular flexibility index (Phi) is 3.83. The van der Waals surface area contributed by atoms with Crippen molar-refractivity contribution in [3.05, 3.63) is 57.8 Å². The molecule has 5 heteroatoms. The van der Waals surface area contributed by atoms with Crippen molar-refractivity contribution in [1.82, 2.24) is 0 Å². The monoisotopic (exact) mass is 290 g/mol. The Morgan fingerprint density at radius 3 is 2.17 bits per heavy atom. The van der Waals surface area contributed by atoms with Gasteiger partial charge in [-0.3, -0.25) is 0 Å². The van der Waals surface area contributed by atoms with E-state index in [9.17, 15) is 13.2 Å². The van der Waals surface area contributed by atoms with Gasteiger partial charge >= 0.3 is 0 Å². The third-order valence-corrected chi connectivity index (χ3v) is 3.16. The summed E-state index contributed by atoms with van der Waals surface area (Å²) in [5, 5.41) is 0.642. The van der Waals surface area contributed by atoms with Gasteiger partial charge in [0.2, 0.25) is 0 Å². The first-order chi connectivity index (χ1) is 8.47. The first-order valence-electron chi connectivity index (χ1n) is 5.01. The highest BCUT2D eigenvalue weighted by Crippen LogP contribution is 2.31. The Balaban J connectivity index is 2.53. The third-order valence-electron chi connectivity index (χ3n) is 2.43. The zero-order chi connectivity index (χ0) is 13.3. The maximum absolute atomic E-state index is 13.3. The molecule has 0 nitrogen and oxygen atoms in total. The minimum absolute atomic E-state index is 0.289. The molecule has 0 bridgehead atoms. The minimum Gasteiger partial charge on any atom is -0.207 e. The van der Waals surface area contributed by atoms with Crippen LogP contribution in [0.5, 0.6) is 0 Å². The molecule has 0 aliphatic heterocycles. The number of hydrogen-bond donors (Lipinski definition) is 0. The van der Waals surface area contributed by atoms with Gasteiger partial charge in [-0.05, 0) is 41.5 Å². The van der Waals surface area contributed by atoms with Gasteiger partial charge in [0.25, 0.3) is 6.43 Å². The fourth-order valence-electron chi connectivity index (χ4n) is 1.58. The average molecular weight is 291 g/mol. The van der Waals surface area contributed by atoms with E-state index in [-0.39, 0.29) is 10.6 Å². The second kappa shape index (κ2) is 5.21. The standard InChI is InChI=1S/C13H7Cl2F3/c14-11-2-1-7(6-12(11)15)8-3-9(13(17)18)5-10(16)4-8/h1-6,13H. The van der Waals surface area contributed by atoms with Crippen molar-refractivity contribution < 1.29 is 13.2 Å².